The minimum atomic E-state index is -0.108. The maximum absolute atomic E-state index is 12.6. The number of hydrogen-bond donors (Lipinski definition) is 1. The lowest BCUT2D eigenvalue weighted by Crippen LogP contribution is -2.12. The Balaban J connectivity index is 1.74. The van der Waals surface area contributed by atoms with Gasteiger partial charge < -0.3 is 4.98 Å². The molecule has 4 aromatic rings. The topological polar surface area (TPSA) is 89.3 Å². The van der Waals surface area contributed by atoms with E-state index in [0.29, 0.717) is 16.4 Å². The van der Waals surface area contributed by atoms with Gasteiger partial charge >= 0.3 is 0 Å². The van der Waals surface area contributed by atoms with E-state index in [-0.39, 0.29) is 10.8 Å². The van der Waals surface area contributed by atoms with Crippen molar-refractivity contribution in [1.82, 2.24) is 30.2 Å². The molecule has 7 nitrogen and oxygen atoms in total. The summed E-state index contributed by atoms with van der Waals surface area (Å²) in [6, 6.07) is 3.99. The van der Waals surface area contributed by atoms with Crippen LogP contribution in [0.1, 0.15) is 18.0 Å². The highest BCUT2D eigenvalue weighted by Crippen LogP contribution is 2.35. The van der Waals surface area contributed by atoms with Crippen molar-refractivity contribution < 1.29 is 0 Å². The second-order valence-corrected chi connectivity index (χ2v) is 8.22. The number of thiophene rings is 2. The second-order valence-electron chi connectivity index (χ2n) is 5.10. The van der Waals surface area contributed by atoms with Gasteiger partial charge in [0.15, 0.2) is 0 Å². The summed E-state index contributed by atoms with van der Waals surface area (Å²) in [5, 5.41) is 16.6. The number of aromatic amines is 1. The third-order valence-electron chi connectivity index (χ3n) is 3.50. The van der Waals surface area contributed by atoms with E-state index in [9.17, 15) is 4.79 Å². The van der Waals surface area contributed by atoms with Crippen molar-refractivity contribution in [2.45, 2.75) is 17.3 Å². The van der Waals surface area contributed by atoms with Crippen LogP contribution in [0, 0.1) is 0 Å². The van der Waals surface area contributed by atoms with Crippen molar-refractivity contribution >= 4 is 44.7 Å². The molecule has 0 amide bonds. The number of nitrogens with zero attached hydrogens (tertiary/aromatic N) is 5. The van der Waals surface area contributed by atoms with Gasteiger partial charge in [-0.25, -0.2) is 9.67 Å². The third kappa shape index (κ3) is 2.66. The van der Waals surface area contributed by atoms with Crippen LogP contribution in [0.5, 0.6) is 0 Å². The fraction of sp³-hybridized carbons (Fsp3) is 0.214. The molecule has 1 N–H and O–H groups in total. The molecule has 122 valence electrons. The molecule has 0 fully saturated rings. The molecule has 0 saturated heterocycles. The molecule has 0 unspecified atom stereocenters. The molecule has 0 aliphatic heterocycles. The molecule has 24 heavy (non-hydrogen) atoms. The summed E-state index contributed by atoms with van der Waals surface area (Å²) in [7, 11) is 1.78. The van der Waals surface area contributed by atoms with E-state index in [4.69, 9.17) is 0 Å². The van der Waals surface area contributed by atoms with Crippen LogP contribution >= 0.6 is 34.4 Å². The van der Waals surface area contributed by atoms with E-state index in [1.54, 1.807) is 23.1 Å². The highest BCUT2D eigenvalue weighted by Gasteiger charge is 2.18. The fourth-order valence-electron chi connectivity index (χ4n) is 2.31. The lowest BCUT2D eigenvalue weighted by Gasteiger charge is -2.09. The molecule has 0 spiro atoms. The molecule has 0 aliphatic carbocycles. The Hall–Kier alpha value is -2.04. The van der Waals surface area contributed by atoms with Gasteiger partial charge in [0, 0.05) is 22.9 Å². The van der Waals surface area contributed by atoms with E-state index in [2.05, 4.69) is 25.5 Å². The van der Waals surface area contributed by atoms with Crippen LogP contribution in [0.15, 0.2) is 32.8 Å². The van der Waals surface area contributed by atoms with Gasteiger partial charge in [0.05, 0.1) is 10.6 Å². The predicted molar refractivity (Wildman–Crippen MR) is 96.6 cm³/mol. The zero-order valence-electron chi connectivity index (χ0n) is 12.8. The van der Waals surface area contributed by atoms with Crippen LogP contribution in [-0.4, -0.2) is 30.2 Å². The number of hydrogen-bond acceptors (Lipinski definition) is 8. The molecular weight excluding hydrogens is 364 g/mol. The van der Waals surface area contributed by atoms with Crippen LogP contribution in [0.3, 0.4) is 0 Å². The molecule has 0 saturated carbocycles. The van der Waals surface area contributed by atoms with E-state index in [0.717, 1.165) is 15.3 Å². The van der Waals surface area contributed by atoms with Crippen molar-refractivity contribution in [3.8, 4) is 10.4 Å². The van der Waals surface area contributed by atoms with Crippen molar-refractivity contribution in [2.24, 2.45) is 7.05 Å². The van der Waals surface area contributed by atoms with Crippen molar-refractivity contribution in [3.63, 3.8) is 0 Å². The van der Waals surface area contributed by atoms with Gasteiger partial charge in [0.1, 0.15) is 10.7 Å². The normalized spacial score (nSPS) is 12.8. The first-order valence-corrected chi connectivity index (χ1v) is 9.71. The number of nitrogens with one attached hydrogen (secondary N) is 1. The Kier molecular flexibility index (Phi) is 3.94. The number of rotatable bonds is 4. The minimum absolute atomic E-state index is 0.0703. The van der Waals surface area contributed by atoms with Gasteiger partial charge in [0.2, 0.25) is 5.16 Å². The highest BCUT2D eigenvalue weighted by atomic mass is 32.2. The molecule has 0 aliphatic rings. The Morgan fingerprint density at radius 3 is 2.96 bits per heavy atom. The first-order valence-electron chi connectivity index (χ1n) is 7.08. The molecule has 4 rings (SSSR count). The molecule has 0 aromatic carbocycles. The summed E-state index contributed by atoms with van der Waals surface area (Å²) in [6.07, 6.45) is 0. The molecular formula is C14H12N6OS3. The van der Waals surface area contributed by atoms with Gasteiger partial charge in [-0.2, -0.15) is 0 Å². The molecule has 4 heterocycles. The Labute approximate surface area is 148 Å². The first-order chi connectivity index (χ1) is 11.6. The van der Waals surface area contributed by atoms with Crippen LogP contribution in [0.2, 0.25) is 0 Å². The summed E-state index contributed by atoms with van der Waals surface area (Å²) >= 11 is 4.56. The molecule has 10 heteroatoms. The number of aryl methyl sites for hydroxylation is 1. The fourth-order valence-corrected chi connectivity index (χ4v) is 4.89. The van der Waals surface area contributed by atoms with Crippen molar-refractivity contribution in [2.75, 3.05) is 0 Å². The lowest BCUT2D eigenvalue weighted by molar-refractivity contribution is 0.663. The predicted octanol–water partition coefficient (Wildman–Crippen LogP) is 3.09. The summed E-state index contributed by atoms with van der Waals surface area (Å²) in [4.78, 5) is 22.0. The summed E-state index contributed by atoms with van der Waals surface area (Å²) in [6.45, 7) is 1.97. The van der Waals surface area contributed by atoms with Crippen LogP contribution < -0.4 is 5.56 Å². The van der Waals surface area contributed by atoms with Crippen LogP contribution in [0.4, 0.5) is 0 Å². The SMILES string of the molecule is C[C@H](Sc1nnnn1C)c1nc2scc(-c3cccs3)c2c(=O)[nH]1. The number of fused-ring (bicyclic) bond motifs is 1. The van der Waals surface area contributed by atoms with E-state index < -0.39 is 0 Å². The standard InChI is InChI=1S/C14H12N6OS3/c1-7(24-14-17-18-19-20(14)2)11-15-12(21)10-8(6-23-13(10)16-11)9-4-3-5-22-9/h3-7H,1-2H3,(H,15,16,21)/t7-/m0/s1. The minimum Gasteiger partial charge on any atom is -0.309 e. The molecule has 0 bridgehead atoms. The molecule has 1 atom stereocenters. The Bertz CT molecular complexity index is 1050. The lowest BCUT2D eigenvalue weighted by atomic mass is 10.2. The monoisotopic (exact) mass is 376 g/mol. The quantitative estimate of drug-likeness (QED) is 0.551. The Morgan fingerprint density at radius 1 is 1.38 bits per heavy atom. The zero-order valence-corrected chi connectivity index (χ0v) is 15.2. The third-order valence-corrected chi connectivity index (χ3v) is 6.41. The summed E-state index contributed by atoms with van der Waals surface area (Å²) in [5.74, 6) is 0.625. The van der Waals surface area contributed by atoms with Gasteiger partial charge in [-0.1, -0.05) is 17.8 Å². The van der Waals surface area contributed by atoms with Crippen molar-refractivity contribution in [1.29, 1.82) is 0 Å². The highest BCUT2D eigenvalue weighted by molar-refractivity contribution is 7.99. The van der Waals surface area contributed by atoms with Gasteiger partial charge in [0.25, 0.3) is 5.56 Å². The average Bonchev–Trinajstić information content (AvgIpc) is 3.28. The van der Waals surface area contributed by atoms with E-state index in [1.807, 2.05) is 29.8 Å². The maximum atomic E-state index is 12.6. The van der Waals surface area contributed by atoms with Crippen molar-refractivity contribution in [3.05, 3.63) is 39.1 Å². The molecule has 4 aromatic heterocycles. The van der Waals surface area contributed by atoms with E-state index >= 15 is 0 Å². The van der Waals surface area contributed by atoms with Gasteiger partial charge in [-0.3, -0.25) is 4.79 Å². The second kappa shape index (κ2) is 6.11. The average molecular weight is 376 g/mol. The Morgan fingerprint density at radius 2 is 2.25 bits per heavy atom. The summed E-state index contributed by atoms with van der Waals surface area (Å²) in [5.41, 5.74) is 0.839. The van der Waals surface area contributed by atoms with Crippen LogP contribution in [0.25, 0.3) is 20.7 Å². The number of aromatic nitrogens is 6. The van der Waals surface area contributed by atoms with Gasteiger partial charge in [-0.15, -0.1) is 27.8 Å². The smallest absolute Gasteiger partial charge is 0.260 e. The van der Waals surface area contributed by atoms with Gasteiger partial charge in [-0.05, 0) is 28.8 Å². The van der Waals surface area contributed by atoms with Crippen LogP contribution in [-0.2, 0) is 7.05 Å². The number of thioether (sulfide) groups is 1. The maximum Gasteiger partial charge on any atom is 0.260 e. The number of H-pyrrole nitrogens is 1. The van der Waals surface area contributed by atoms with E-state index in [1.165, 1.54) is 23.1 Å². The summed E-state index contributed by atoms with van der Waals surface area (Å²) < 4.78 is 1.60. The zero-order chi connectivity index (χ0) is 16.7. The number of tetrazole rings is 1. The molecule has 0 radical (unpaired) electrons. The largest absolute Gasteiger partial charge is 0.309 e. The first kappa shape index (κ1) is 15.5.